The van der Waals surface area contributed by atoms with Crippen molar-refractivity contribution in [3.8, 4) is 17.4 Å². The van der Waals surface area contributed by atoms with Crippen LogP contribution in [0, 0.1) is 15.9 Å². The van der Waals surface area contributed by atoms with E-state index >= 15 is 0 Å². The summed E-state index contributed by atoms with van der Waals surface area (Å²) in [6.07, 6.45) is 2.52. The molecule has 0 aliphatic carbocycles. The van der Waals surface area contributed by atoms with Gasteiger partial charge in [0.15, 0.2) is 11.5 Å². The van der Waals surface area contributed by atoms with Crippen molar-refractivity contribution in [1.29, 1.82) is 0 Å². The molecule has 2 aromatic carbocycles. The molecule has 2 heterocycles. The highest BCUT2D eigenvalue weighted by Gasteiger charge is 2.36. The predicted molar refractivity (Wildman–Crippen MR) is 132 cm³/mol. The van der Waals surface area contributed by atoms with Crippen LogP contribution in [0.4, 0.5) is 20.6 Å². The number of amides is 3. The summed E-state index contributed by atoms with van der Waals surface area (Å²) < 4.78 is 24.3. The first kappa shape index (κ1) is 25.3. The minimum atomic E-state index is -0.655. The third kappa shape index (κ3) is 6.08. The van der Waals surface area contributed by atoms with Crippen molar-refractivity contribution >= 4 is 46.3 Å². The molecule has 188 valence electrons. The highest BCUT2D eigenvalue weighted by molar-refractivity contribution is 8.18. The fourth-order valence-electron chi connectivity index (χ4n) is 3.21. The van der Waals surface area contributed by atoms with Gasteiger partial charge in [0, 0.05) is 17.8 Å². The summed E-state index contributed by atoms with van der Waals surface area (Å²) in [7, 11) is 1.40. The number of nitrogens with zero attached hydrogens (tertiary/aromatic N) is 3. The fraction of sp³-hybridized carbons (Fsp3) is 0.0833. The number of benzene rings is 2. The maximum Gasteiger partial charge on any atom is 0.294 e. The average molecular weight is 524 g/mol. The lowest BCUT2D eigenvalue weighted by molar-refractivity contribution is -0.385. The smallest absolute Gasteiger partial charge is 0.294 e. The quantitative estimate of drug-likeness (QED) is 0.254. The summed E-state index contributed by atoms with van der Waals surface area (Å²) in [5.74, 6) is -1.20. The van der Waals surface area contributed by atoms with Crippen molar-refractivity contribution in [3.05, 3.63) is 87.2 Å². The van der Waals surface area contributed by atoms with Gasteiger partial charge in [-0.05, 0) is 53.7 Å². The monoisotopic (exact) mass is 524 g/mol. The van der Waals surface area contributed by atoms with Crippen molar-refractivity contribution < 1.29 is 33.2 Å². The number of carbonyl (C=O) groups excluding carboxylic acids is 3. The number of thioether (sulfide) groups is 1. The van der Waals surface area contributed by atoms with Crippen LogP contribution in [0.5, 0.6) is 17.4 Å². The third-order valence-corrected chi connectivity index (χ3v) is 5.82. The zero-order valence-electron chi connectivity index (χ0n) is 19.0. The molecule has 37 heavy (non-hydrogen) atoms. The van der Waals surface area contributed by atoms with Crippen LogP contribution in [0.2, 0.25) is 0 Å². The SMILES string of the molecule is COc1cc(/C=C2/SC(=O)N(CC(=O)Nc3cccc(F)c3)C2=O)ccc1Oc1ccc([N+](=O)[O-])cn1. The number of nitro groups is 1. The van der Waals surface area contributed by atoms with Crippen LogP contribution in [0.3, 0.4) is 0 Å². The number of hydrogen-bond donors (Lipinski definition) is 1. The largest absolute Gasteiger partial charge is 0.493 e. The molecule has 1 saturated heterocycles. The molecule has 0 unspecified atom stereocenters. The molecule has 4 rings (SSSR count). The van der Waals surface area contributed by atoms with E-state index in [1.165, 1.54) is 43.5 Å². The first-order valence-corrected chi connectivity index (χ1v) is 11.3. The van der Waals surface area contributed by atoms with Gasteiger partial charge in [0.2, 0.25) is 11.8 Å². The highest BCUT2D eigenvalue weighted by atomic mass is 32.2. The number of ether oxygens (including phenoxy) is 2. The van der Waals surface area contributed by atoms with E-state index in [0.717, 1.165) is 17.2 Å². The second-order valence-electron chi connectivity index (χ2n) is 7.45. The van der Waals surface area contributed by atoms with E-state index in [1.54, 1.807) is 18.2 Å². The van der Waals surface area contributed by atoms with Crippen molar-refractivity contribution in [2.45, 2.75) is 0 Å². The first-order chi connectivity index (χ1) is 17.7. The number of pyridine rings is 1. The average Bonchev–Trinajstić information content (AvgIpc) is 3.12. The molecule has 1 aliphatic rings. The molecular formula is C24H17FN4O7S. The molecule has 1 N–H and O–H groups in total. The van der Waals surface area contributed by atoms with Gasteiger partial charge in [-0.3, -0.25) is 29.4 Å². The molecule has 1 aliphatic heterocycles. The number of hydrogen-bond acceptors (Lipinski definition) is 9. The Morgan fingerprint density at radius 1 is 1.19 bits per heavy atom. The van der Waals surface area contributed by atoms with Gasteiger partial charge in [-0.2, -0.15) is 0 Å². The lowest BCUT2D eigenvalue weighted by atomic mass is 10.2. The molecule has 0 saturated carbocycles. The van der Waals surface area contributed by atoms with Gasteiger partial charge >= 0.3 is 0 Å². The van der Waals surface area contributed by atoms with Gasteiger partial charge in [0.1, 0.15) is 18.6 Å². The summed E-state index contributed by atoms with van der Waals surface area (Å²) in [5.41, 5.74) is 0.525. The summed E-state index contributed by atoms with van der Waals surface area (Å²) in [6.45, 7) is -0.531. The van der Waals surface area contributed by atoms with Crippen LogP contribution >= 0.6 is 11.8 Å². The van der Waals surface area contributed by atoms with Gasteiger partial charge in [0.25, 0.3) is 16.8 Å². The van der Waals surface area contributed by atoms with Crippen molar-refractivity contribution in [3.63, 3.8) is 0 Å². The summed E-state index contributed by atoms with van der Waals surface area (Å²) in [5, 5.41) is 12.6. The van der Waals surface area contributed by atoms with Gasteiger partial charge in [-0.1, -0.05) is 12.1 Å². The number of nitrogens with one attached hydrogen (secondary N) is 1. The zero-order valence-corrected chi connectivity index (χ0v) is 19.9. The third-order valence-electron chi connectivity index (χ3n) is 4.92. The molecular weight excluding hydrogens is 507 g/mol. The molecule has 1 fully saturated rings. The molecule has 3 amide bonds. The molecule has 11 nitrogen and oxygen atoms in total. The Labute approximate surface area is 213 Å². The maximum absolute atomic E-state index is 13.3. The predicted octanol–water partition coefficient (Wildman–Crippen LogP) is 4.60. The maximum atomic E-state index is 13.3. The van der Waals surface area contributed by atoms with Crippen molar-refractivity contribution in [2.75, 3.05) is 19.0 Å². The Morgan fingerprint density at radius 2 is 2.00 bits per heavy atom. The molecule has 0 radical (unpaired) electrons. The lowest BCUT2D eigenvalue weighted by Crippen LogP contribution is -2.36. The summed E-state index contributed by atoms with van der Waals surface area (Å²) in [4.78, 5) is 52.4. The van der Waals surface area contributed by atoms with Gasteiger partial charge in [0.05, 0.1) is 16.9 Å². The fourth-order valence-corrected chi connectivity index (χ4v) is 4.05. The molecule has 1 aromatic heterocycles. The molecule has 3 aromatic rings. The Hall–Kier alpha value is -4.78. The standard InChI is InChI=1S/C24H17FN4O7S/c1-35-19-9-14(5-7-18(19)36-22-8-6-17(12-26-22)29(33)34)10-20-23(31)28(24(32)37-20)13-21(30)27-16-4-2-3-15(25)11-16/h2-12H,13H2,1H3,(H,27,30)/b20-10+. The zero-order chi connectivity index (χ0) is 26.5. The van der Waals surface area contributed by atoms with Crippen LogP contribution in [0.25, 0.3) is 6.08 Å². The Bertz CT molecular complexity index is 1430. The van der Waals surface area contributed by atoms with Gasteiger partial charge in [-0.15, -0.1) is 0 Å². The number of methoxy groups -OCH3 is 1. The summed E-state index contributed by atoms with van der Waals surface area (Å²) in [6, 6.07) is 12.5. The van der Waals surface area contributed by atoms with E-state index in [9.17, 15) is 28.9 Å². The minimum absolute atomic E-state index is 0.0938. The normalized spacial score (nSPS) is 14.1. The Balaban J connectivity index is 1.45. The first-order valence-electron chi connectivity index (χ1n) is 10.5. The Kier molecular flexibility index (Phi) is 7.44. The minimum Gasteiger partial charge on any atom is -0.493 e. The van der Waals surface area contributed by atoms with Crippen LogP contribution in [0.1, 0.15) is 5.56 Å². The Morgan fingerprint density at radius 3 is 2.68 bits per heavy atom. The van der Waals surface area contributed by atoms with E-state index in [-0.39, 0.29) is 33.7 Å². The van der Waals surface area contributed by atoms with Gasteiger partial charge in [-0.25, -0.2) is 9.37 Å². The summed E-state index contributed by atoms with van der Waals surface area (Å²) >= 11 is 0.673. The topological polar surface area (TPSA) is 141 Å². The second kappa shape index (κ2) is 10.9. The van der Waals surface area contributed by atoms with Crippen LogP contribution in [-0.4, -0.2) is 45.5 Å². The van der Waals surface area contributed by atoms with Crippen LogP contribution < -0.4 is 14.8 Å². The van der Waals surface area contributed by atoms with Crippen LogP contribution in [0.15, 0.2) is 65.7 Å². The lowest BCUT2D eigenvalue weighted by Gasteiger charge is -2.12. The molecule has 13 heteroatoms. The van der Waals surface area contributed by atoms with E-state index < -0.39 is 34.3 Å². The van der Waals surface area contributed by atoms with E-state index in [2.05, 4.69) is 10.3 Å². The van der Waals surface area contributed by atoms with E-state index in [0.29, 0.717) is 17.3 Å². The number of halogens is 1. The number of carbonyl (C=O) groups is 3. The van der Waals surface area contributed by atoms with Crippen molar-refractivity contribution in [2.24, 2.45) is 0 Å². The number of rotatable bonds is 8. The highest BCUT2D eigenvalue weighted by Crippen LogP contribution is 2.36. The molecule has 0 atom stereocenters. The van der Waals surface area contributed by atoms with Crippen molar-refractivity contribution in [1.82, 2.24) is 9.88 Å². The molecule has 0 spiro atoms. The van der Waals surface area contributed by atoms with E-state index in [1.807, 2.05) is 0 Å². The number of aromatic nitrogens is 1. The second-order valence-corrected chi connectivity index (χ2v) is 8.44. The molecule has 0 bridgehead atoms. The number of anilines is 1. The van der Waals surface area contributed by atoms with Gasteiger partial charge < -0.3 is 14.8 Å². The van der Waals surface area contributed by atoms with E-state index in [4.69, 9.17) is 9.47 Å². The van der Waals surface area contributed by atoms with Crippen LogP contribution in [-0.2, 0) is 9.59 Å². The number of imide groups is 1.